The molecular formula is C11H14N4O2. The number of hydrogen-bond acceptors (Lipinski definition) is 6. The minimum atomic E-state index is -0.169. The quantitative estimate of drug-likeness (QED) is 0.868. The van der Waals surface area contributed by atoms with Crippen molar-refractivity contribution in [3.05, 3.63) is 24.2 Å². The molecule has 17 heavy (non-hydrogen) atoms. The van der Waals surface area contributed by atoms with Crippen LogP contribution in [0.5, 0.6) is 0 Å². The van der Waals surface area contributed by atoms with E-state index < -0.39 is 0 Å². The summed E-state index contributed by atoms with van der Waals surface area (Å²) in [5.74, 6) is 0.823. The van der Waals surface area contributed by atoms with Gasteiger partial charge in [0.1, 0.15) is 6.10 Å². The van der Waals surface area contributed by atoms with Gasteiger partial charge in [-0.2, -0.15) is 4.98 Å². The average Bonchev–Trinajstić information content (AvgIpc) is 2.81. The second kappa shape index (κ2) is 4.92. The van der Waals surface area contributed by atoms with Gasteiger partial charge in [0.05, 0.1) is 5.69 Å². The van der Waals surface area contributed by atoms with Crippen molar-refractivity contribution in [2.75, 3.05) is 12.8 Å². The fraction of sp³-hybridized carbons (Fsp3) is 0.364. The number of rotatable bonds is 4. The molecule has 1 unspecified atom stereocenters. The molecule has 0 radical (unpaired) electrons. The highest BCUT2D eigenvalue weighted by Gasteiger charge is 2.18. The van der Waals surface area contributed by atoms with Gasteiger partial charge in [0.15, 0.2) is 5.69 Å². The Bertz CT molecular complexity index is 494. The molecule has 2 N–H and O–H groups in total. The van der Waals surface area contributed by atoms with E-state index in [0.29, 0.717) is 23.1 Å². The number of anilines is 1. The second-order valence-corrected chi connectivity index (χ2v) is 3.53. The molecule has 6 nitrogen and oxygen atoms in total. The van der Waals surface area contributed by atoms with Crippen molar-refractivity contribution in [1.29, 1.82) is 0 Å². The van der Waals surface area contributed by atoms with E-state index in [1.807, 2.05) is 6.92 Å². The summed E-state index contributed by atoms with van der Waals surface area (Å²) in [4.78, 5) is 8.35. The number of ether oxygens (including phenoxy) is 1. The van der Waals surface area contributed by atoms with Gasteiger partial charge in [-0.05, 0) is 18.6 Å². The monoisotopic (exact) mass is 234 g/mol. The van der Waals surface area contributed by atoms with Gasteiger partial charge in [-0.1, -0.05) is 12.1 Å². The van der Waals surface area contributed by atoms with Gasteiger partial charge in [-0.25, -0.2) is 4.98 Å². The maximum absolute atomic E-state index is 5.78. The van der Waals surface area contributed by atoms with E-state index in [4.69, 9.17) is 15.0 Å². The molecule has 0 aromatic carbocycles. The Balaban J connectivity index is 2.33. The largest absolute Gasteiger partial charge is 0.397 e. The van der Waals surface area contributed by atoms with Crippen LogP contribution in [0.15, 0.2) is 22.9 Å². The molecule has 6 heteroatoms. The molecule has 1 atom stereocenters. The third-order valence-corrected chi connectivity index (χ3v) is 2.43. The van der Waals surface area contributed by atoms with Gasteiger partial charge in [0, 0.05) is 13.3 Å². The van der Waals surface area contributed by atoms with Crippen molar-refractivity contribution in [3.8, 4) is 11.6 Å². The summed E-state index contributed by atoms with van der Waals surface area (Å²) in [5.41, 5.74) is 6.79. The molecule has 0 aliphatic carbocycles. The molecule has 0 spiro atoms. The van der Waals surface area contributed by atoms with E-state index in [-0.39, 0.29) is 6.10 Å². The van der Waals surface area contributed by atoms with Crippen molar-refractivity contribution >= 4 is 5.69 Å². The minimum Gasteiger partial charge on any atom is -0.397 e. The van der Waals surface area contributed by atoms with Gasteiger partial charge >= 0.3 is 0 Å². The Morgan fingerprint density at radius 3 is 3.00 bits per heavy atom. The van der Waals surface area contributed by atoms with Gasteiger partial charge in [0.25, 0.3) is 5.89 Å². The molecular weight excluding hydrogens is 220 g/mol. The number of methoxy groups -OCH3 is 1. The van der Waals surface area contributed by atoms with Crippen LogP contribution in [-0.4, -0.2) is 22.2 Å². The van der Waals surface area contributed by atoms with Crippen molar-refractivity contribution in [3.63, 3.8) is 0 Å². The van der Waals surface area contributed by atoms with E-state index >= 15 is 0 Å². The van der Waals surface area contributed by atoms with Crippen LogP contribution in [0.25, 0.3) is 11.6 Å². The SMILES string of the molecule is CCC(OC)c1noc(-c2ncccc2N)n1. The average molecular weight is 234 g/mol. The summed E-state index contributed by atoms with van der Waals surface area (Å²) in [6, 6.07) is 3.49. The van der Waals surface area contributed by atoms with Crippen molar-refractivity contribution < 1.29 is 9.26 Å². The zero-order valence-electron chi connectivity index (χ0n) is 9.75. The van der Waals surface area contributed by atoms with Crippen LogP contribution < -0.4 is 5.73 Å². The van der Waals surface area contributed by atoms with Crippen molar-refractivity contribution in [2.45, 2.75) is 19.4 Å². The number of nitrogens with zero attached hydrogens (tertiary/aromatic N) is 3. The standard InChI is InChI=1S/C11H14N4O2/c1-3-8(16-2)10-14-11(17-15-10)9-7(12)5-4-6-13-9/h4-6,8H,3,12H2,1-2H3. The van der Waals surface area contributed by atoms with Crippen LogP contribution in [0.1, 0.15) is 25.3 Å². The van der Waals surface area contributed by atoms with Gasteiger partial charge in [-0.3, -0.25) is 0 Å². The number of nitrogen functional groups attached to an aromatic ring is 1. The Kier molecular flexibility index (Phi) is 3.34. The molecule has 0 aliphatic heterocycles. The molecule has 0 fully saturated rings. The predicted molar refractivity (Wildman–Crippen MR) is 62.0 cm³/mol. The Hall–Kier alpha value is -1.95. The molecule has 2 aromatic heterocycles. The van der Waals surface area contributed by atoms with Crippen LogP contribution in [-0.2, 0) is 4.74 Å². The van der Waals surface area contributed by atoms with Crippen molar-refractivity contribution in [1.82, 2.24) is 15.1 Å². The van der Waals surface area contributed by atoms with E-state index in [1.165, 1.54) is 0 Å². The zero-order valence-corrected chi connectivity index (χ0v) is 9.75. The summed E-state index contributed by atoms with van der Waals surface area (Å²) in [7, 11) is 1.61. The maximum Gasteiger partial charge on any atom is 0.278 e. The first kappa shape index (κ1) is 11.5. The van der Waals surface area contributed by atoms with Crippen LogP contribution >= 0.6 is 0 Å². The summed E-state index contributed by atoms with van der Waals surface area (Å²) in [6.07, 6.45) is 2.23. The third-order valence-electron chi connectivity index (χ3n) is 2.43. The highest BCUT2D eigenvalue weighted by Crippen LogP contribution is 2.24. The summed E-state index contributed by atoms with van der Waals surface area (Å²) in [6.45, 7) is 1.99. The molecule has 0 amide bonds. The lowest BCUT2D eigenvalue weighted by atomic mass is 10.2. The fourth-order valence-corrected chi connectivity index (χ4v) is 1.51. The molecule has 0 aliphatic rings. The molecule has 0 bridgehead atoms. The second-order valence-electron chi connectivity index (χ2n) is 3.53. The van der Waals surface area contributed by atoms with Gasteiger partial charge < -0.3 is 15.0 Å². The molecule has 2 heterocycles. The van der Waals surface area contributed by atoms with Crippen LogP contribution in [0.2, 0.25) is 0 Å². The number of nitrogens with two attached hydrogens (primary N) is 1. The van der Waals surface area contributed by atoms with Crippen LogP contribution in [0, 0.1) is 0 Å². The molecule has 2 rings (SSSR count). The predicted octanol–water partition coefficient (Wildman–Crippen LogP) is 1.81. The van der Waals surface area contributed by atoms with E-state index in [9.17, 15) is 0 Å². The molecule has 90 valence electrons. The maximum atomic E-state index is 5.78. The fourth-order valence-electron chi connectivity index (χ4n) is 1.51. The Morgan fingerprint density at radius 1 is 1.53 bits per heavy atom. The minimum absolute atomic E-state index is 0.169. The lowest BCUT2D eigenvalue weighted by Crippen LogP contribution is -2.02. The first-order valence-corrected chi connectivity index (χ1v) is 5.33. The van der Waals surface area contributed by atoms with Crippen molar-refractivity contribution in [2.24, 2.45) is 0 Å². The topological polar surface area (TPSA) is 87.1 Å². The van der Waals surface area contributed by atoms with Crippen LogP contribution in [0.4, 0.5) is 5.69 Å². The molecule has 0 saturated carbocycles. The Morgan fingerprint density at radius 2 is 2.35 bits per heavy atom. The zero-order chi connectivity index (χ0) is 12.3. The summed E-state index contributed by atoms with van der Waals surface area (Å²) < 4.78 is 10.4. The molecule has 0 saturated heterocycles. The first-order valence-electron chi connectivity index (χ1n) is 5.33. The van der Waals surface area contributed by atoms with Gasteiger partial charge in [0.2, 0.25) is 5.82 Å². The summed E-state index contributed by atoms with van der Waals surface area (Å²) in [5, 5.41) is 3.87. The third kappa shape index (κ3) is 2.26. The number of pyridine rings is 1. The van der Waals surface area contributed by atoms with E-state index in [0.717, 1.165) is 6.42 Å². The highest BCUT2D eigenvalue weighted by atomic mass is 16.5. The highest BCUT2D eigenvalue weighted by molar-refractivity contribution is 5.65. The number of aromatic nitrogens is 3. The van der Waals surface area contributed by atoms with E-state index in [1.54, 1.807) is 25.4 Å². The normalized spacial score (nSPS) is 12.6. The lowest BCUT2D eigenvalue weighted by molar-refractivity contribution is 0.0903. The smallest absolute Gasteiger partial charge is 0.278 e. The Labute approximate surface area is 98.8 Å². The first-order chi connectivity index (χ1) is 8.26. The van der Waals surface area contributed by atoms with Gasteiger partial charge in [-0.15, -0.1) is 0 Å². The summed E-state index contributed by atoms with van der Waals surface area (Å²) >= 11 is 0. The van der Waals surface area contributed by atoms with Crippen LogP contribution in [0.3, 0.4) is 0 Å². The molecule has 2 aromatic rings. The lowest BCUT2D eigenvalue weighted by Gasteiger charge is -2.06. The van der Waals surface area contributed by atoms with E-state index in [2.05, 4.69) is 15.1 Å². The number of hydrogen-bond donors (Lipinski definition) is 1.